The van der Waals surface area contributed by atoms with Crippen molar-refractivity contribution in [3.63, 3.8) is 0 Å². The normalized spacial score (nSPS) is 10.4. The Kier molecular flexibility index (Phi) is 4.07. The first-order valence-electron chi connectivity index (χ1n) is 5.23. The van der Waals surface area contributed by atoms with Gasteiger partial charge in [-0.3, -0.25) is 0 Å². The lowest BCUT2D eigenvalue weighted by Gasteiger charge is -2.12. The number of hydrogen-bond donors (Lipinski definition) is 1. The fraction of sp³-hybridized carbons (Fsp3) is 0.0769. The van der Waals surface area contributed by atoms with Crippen LogP contribution in [0.5, 0.6) is 11.5 Å². The van der Waals surface area contributed by atoms with E-state index in [1.54, 1.807) is 24.3 Å². The average Bonchev–Trinajstić information content (AvgIpc) is 2.35. The monoisotopic (exact) mass is 285 g/mol. The molecule has 0 fully saturated rings. The molecular formula is C13H10Cl2FNO. The van der Waals surface area contributed by atoms with Gasteiger partial charge in [0.15, 0.2) is 11.6 Å². The predicted octanol–water partition coefficient (Wildman–Crippen LogP) is 4.38. The van der Waals surface area contributed by atoms with Crippen LogP contribution in [0.4, 0.5) is 4.39 Å². The zero-order chi connectivity index (χ0) is 13.1. The maximum atomic E-state index is 13.7. The fourth-order valence-corrected chi connectivity index (χ4v) is 1.92. The Bertz CT molecular complexity index is 575. The summed E-state index contributed by atoms with van der Waals surface area (Å²) in [6.45, 7) is 0.206. The first-order valence-corrected chi connectivity index (χ1v) is 5.98. The third kappa shape index (κ3) is 2.58. The highest BCUT2D eigenvalue weighted by atomic mass is 35.5. The molecule has 2 nitrogen and oxygen atoms in total. The molecule has 94 valence electrons. The molecule has 0 atom stereocenters. The summed E-state index contributed by atoms with van der Waals surface area (Å²) in [4.78, 5) is 0. The van der Waals surface area contributed by atoms with Crippen LogP contribution in [0.3, 0.4) is 0 Å². The molecule has 5 heteroatoms. The van der Waals surface area contributed by atoms with Crippen LogP contribution in [0.25, 0.3) is 0 Å². The largest absolute Gasteiger partial charge is 0.454 e. The fourth-order valence-electron chi connectivity index (χ4n) is 1.51. The molecule has 0 saturated carbocycles. The van der Waals surface area contributed by atoms with Gasteiger partial charge < -0.3 is 10.5 Å². The van der Waals surface area contributed by atoms with Crippen LogP contribution in [0.15, 0.2) is 36.4 Å². The Morgan fingerprint density at radius 1 is 1.00 bits per heavy atom. The van der Waals surface area contributed by atoms with Gasteiger partial charge in [-0.15, -0.1) is 0 Å². The molecule has 0 aliphatic rings. The minimum Gasteiger partial charge on any atom is -0.454 e. The lowest BCUT2D eigenvalue weighted by atomic mass is 10.2. The number of halogens is 3. The summed E-state index contributed by atoms with van der Waals surface area (Å²) in [6, 6.07) is 9.63. The van der Waals surface area contributed by atoms with E-state index in [9.17, 15) is 4.39 Å². The minimum atomic E-state index is -0.609. The summed E-state index contributed by atoms with van der Waals surface area (Å²) in [5.41, 5.74) is 6.21. The van der Waals surface area contributed by atoms with Gasteiger partial charge in [-0.25, -0.2) is 4.39 Å². The lowest BCUT2D eigenvalue weighted by molar-refractivity contribution is 0.438. The third-order valence-electron chi connectivity index (χ3n) is 2.42. The second-order valence-corrected chi connectivity index (χ2v) is 4.39. The molecule has 0 aliphatic heterocycles. The van der Waals surface area contributed by atoms with Crippen molar-refractivity contribution in [1.82, 2.24) is 0 Å². The van der Waals surface area contributed by atoms with Crippen molar-refractivity contribution in [2.24, 2.45) is 5.73 Å². The molecule has 2 aromatic carbocycles. The Morgan fingerprint density at radius 3 is 2.28 bits per heavy atom. The van der Waals surface area contributed by atoms with Gasteiger partial charge in [0.05, 0.1) is 5.02 Å². The van der Waals surface area contributed by atoms with E-state index < -0.39 is 5.82 Å². The molecule has 2 aromatic rings. The summed E-state index contributed by atoms with van der Waals surface area (Å²) < 4.78 is 19.2. The van der Waals surface area contributed by atoms with Crippen molar-refractivity contribution in [1.29, 1.82) is 0 Å². The van der Waals surface area contributed by atoms with Crippen LogP contribution >= 0.6 is 23.2 Å². The van der Waals surface area contributed by atoms with Gasteiger partial charge in [-0.05, 0) is 24.3 Å². The van der Waals surface area contributed by atoms with Gasteiger partial charge in [0.1, 0.15) is 5.75 Å². The van der Waals surface area contributed by atoms with E-state index in [1.807, 2.05) is 0 Å². The number of hydrogen-bond acceptors (Lipinski definition) is 2. The first kappa shape index (κ1) is 13.1. The first-order chi connectivity index (χ1) is 8.63. The SMILES string of the molecule is NCc1c(Cl)cccc1Oc1cccc(Cl)c1F. The Labute approximate surface area is 114 Å². The summed E-state index contributed by atoms with van der Waals surface area (Å²) in [6.07, 6.45) is 0. The van der Waals surface area contributed by atoms with Gasteiger partial charge in [0.25, 0.3) is 0 Å². The van der Waals surface area contributed by atoms with Gasteiger partial charge in [-0.2, -0.15) is 0 Å². The second-order valence-electron chi connectivity index (χ2n) is 3.57. The average molecular weight is 286 g/mol. The molecule has 0 saturated heterocycles. The smallest absolute Gasteiger partial charge is 0.184 e. The summed E-state index contributed by atoms with van der Waals surface area (Å²) in [7, 11) is 0. The molecule has 0 heterocycles. The predicted molar refractivity (Wildman–Crippen MR) is 70.8 cm³/mol. The minimum absolute atomic E-state index is 0.00354. The van der Waals surface area contributed by atoms with Gasteiger partial charge in [-0.1, -0.05) is 35.3 Å². The maximum Gasteiger partial charge on any atom is 0.184 e. The van der Waals surface area contributed by atoms with Gasteiger partial charge in [0.2, 0.25) is 0 Å². The molecular weight excluding hydrogens is 276 g/mol. The molecule has 2 N–H and O–H groups in total. The van der Waals surface area contributed by atoms with Crippen molar-refractivity contribution in [3.05, 3.63) is 57.8 Å². The van der Waals surface area contributed by atoms with E-state index in [0.29, 0.717) is 16.3 Å². The second kappa shape index (κ2) is 5.57. The van der Waals surface area contributed by atoms with Crippen molar-refractivity contribution in [2.75, 3.05) is 0 Å². The van der Waals surface area contributed by atoms with E-state index >= 15 is 0 Å². The highest BCUT2D eigenvalue weighted by Gasteiger charge is 2.12. The Hall–Kier alpha value is -1.29. The number of ether oxygens (including phenoxy) is 1. The number of benzene rings is 2. The molecule has 0 unspecified atom stereocenters. The molecule has 0 radical (unpaired) electrons. The van der Waals surface area contributed by atoms with Crippen molar-refractivity contribution in [3.8, 4) is 11.5 Å². The molecule has 0 aromatic heterocycles. The van der Waals surface area contributed by atoms with Gasteiger partial charge in [0, 0.05) is 17.1 Å². The van der Waals surface area contributed by atoms with Crippen LogP contribution in [0.2, 0.25) is 10.0 Å². The van der Waals surface area contributed by atoms with E-state index in [2.05, 4.69) is 0 Å². The van der Waals surface area contributed by atoms with Crippen molar-refractivity contribution >= 4 is 23.2 Å². The van der Waals surface area contributed by atoms with Gasteiger partial charge >= 0.3 is 0 Å². The molecule has 0 aliphatic carbocycles. The van der Waals surface area contributed by atoms with E-state index in [1.165, 1.54) is 12.1 Å². The molecule has 0 amide bonds. The highest BCUT2D eigenvalue weighted by molar-refractivity contribution is 6.31. The van der Waals surface area contributed by atoms with E-state index in [0.717, 1.165) is 0 Å². The Morgan fingerprint density at radius 2 is 1.61 bits per heavy atom. The molecule has 2 rings (SSSR count). The van der Waals surface area contributed by atoms with E-state index in [-0.39, 0.29) is 17.3 Å². The zero-order valence-corrected chi connectivity index (χ0v) is 10.8. The zero-order valence-electron chi connectivity index (χ0n) is 9.29. The van der Waals surface area contributed by atoms with Crippen LogP contribution in [-0.4, -0.2) is 0 Å². The standard InChI is InChI=1S/C13H10Cl2FNO/c14-9-3-1-5-11(8(9)7-17)18-12-6-2-4-10(15)13(12)16/h1-6H,7,17H2. The van der Waals surface area contributed by atoms with Crippen LogP contribution in [0, 0.1) is 5.82 Å². The quantitative estimate of drug-likeness (QED) is 0.908. The van der Waals surface area contributed by atoms with Crippen LogP contribution in [-0.2, 0) is 6.54 Å². The van der Waals surface area contributed by atoms with E-state index in [4.69, 9.17) is 33.7 Å². The number of rotatable bonds is 3. The topological polar surface area (TPSA) is 35.2 Å². The Balaban J connectivity index is 2.40. The molecule has 18 heavy (non-hydrogen) atoms. The van der Waals surface area contributed by atoms with Crippen LogP contribution < -0.4 is 10.5 Å². The van der Waals surface area contributed by atoms with Crippen LogP contribution in [0.1, 0.15) is 5.56 Å². The van der Waals surface area contributed by atoms with Crippen molar-refractivity contribution in [2.45, 2.75) is 6.54 Å². The highest BCUT2D eigenvalue weighted by Crippen LogP contribution is 2.33. The maximum absolute atomic E-state index is 13.7. The van der Waals surface area contributed by atoms with Crippen molar-refractivity contribution < 1.29 is 9.13 Å². The summed E-state index contributed by atoms with van der Waals surface area (Å²) in [5.74, 6) is -0.146. The third-order valence-corrected chi connectivity index (χ3v) is 3.06. The molecule has 0 bridgehead atoms. The summed E-state index contributed by atoms with van der Waals surface area (Å²) in [5, 5.41) is 0.487. The number of nitrogens with two attached hydrogens (primary N) is 1. The molecule has 0 spiro atoms. The lowest BCUT2D eigenvalue weighted by Crippen LogP contribution is -2.01. The summed E-state index contributed by atoms with van der Waals surface area (Å²) >= 11 is 11.7.